The van der Waals surface area contributed by atoms with Gasteiger partial charge in [-0.05, 0) is 37.0 Å². The number of rotatable bonds is 5. The molecule has 1 aliphatic heterocycles. The zero-order chi connectivity index (χ0) is 13.7. The number of nitrogens with zero attached hydrogens (tertiary/aromatic N) is 2. The molecule has 1 spiro atoms. The Labute approximate surface area is 142 Å². The summed E-state index contributed by atoms with van der Waals surface area (Å²) in [5, 5.41) is 3.55. The van der Waals surface area contributed by atoms with Crippen molar-refractivity contribution in [1.82, 2.24) is 10.2 Å². The van der Waals surface area contributed by atoms with E-state index in [0.717, 1.165) is 18.4 Å². The first-order chi connectivity index (χ1) is 9.15. The molecule has 1 aliphatic carbocycles. The summed E-state index contributed by atoms with van der Waals surface area (Å²) >= 11 is 0. The second kappa shape index (κ2) is 8.44. The number of aliphatic imine (C=N–C) groups is 1. The molecule has 3 nitrogen and oxygen atoms in total. The molecule has 0 aromatic rings. The van der Waals surface area contributed by atoms with E-state index in [1.807, 2.05) is 7.05 Å². The Kier molecular flexibility index (Phi) is 7.62. The fraction of sp³-hybridized carbons (Fsp3) is 0.938. The molecule has 0 unspecified atom stereocenters. The molecule has 0 amide bonds. The van der Waals surface area contributed by atoms with Crippen LogP contribution >= 0.6 is 24.0 Å². The lowest BCUT2D eigenvalue weighted by atomic mass is 9.68. The first-order valence-corrected chi connectivity index (χ1v) is 8.11. The minimum atomic E-state index is 0. The molecule has 0 aromatic carbocycles. The normalized spacial score (nSPS) is 21.0. The van der Waals surface area contributed by atoms with Gasteiger partial charge in [-0.1, -0.05) is 33.1 Å². The molecule has 1 saturated heterocycles. The van der Waals surface area contributed by atoms with Gasteiger partial charge in [-0.2, -0.15) is 0 Å². The van der Waals surface area contributed by atoms with Gasteiger partial charge in [0.2, 0.25) is 0 Å². The lowest BCUT2D eigenvalue weighted by Crippen LogP contribution is -2.42. The number of hydrogen-bond acceptors (Lipinski definition) is 1. The minimum absolute atomic E-state index is 0. The van der Waals surface area contributed by atoms with Crippen molar-refractivity contribution in [1.29, 1.82) is 0 Å². The van der Waals surface area contributed by atoms with Crippen molar-refractivity contribution >= 4 is 29.9 Å². The summed E-state index contributed by atoms with van der Waals surface area (Å²) in [5.41, 5.74) is 0.662. The summed E-state index contributed by atoms with van der Waals surface area (Å²) in [6.45, 7) is 8.11. The molecular weight excluding hydrogens is 361 g/mol. The van der Waals surface area contributed by atoms with Crippen molar-refractivity contribution in [2.24, 2.45) is 16.3 Å². The van der Waals surface area contributed by atoms with Gasteiger partial charge in [-0.25, -0.2) is 0 Å². The summed E-state index contributed by atoms with van der Waals surface area (Å²) in [4.78, 5) is 6.93. The molecule has 4 heteroatoms. The Morgan fingerprint density at radius 1 is 1.25 bits per heavy atom. The molecule has 20 heavy (non-hydrogen) atoms. The lowest BCUT2D eigenvalue weighted by molar-refractivity contribution is 0.151. The van der Waals surface area contributed by atoms with E-state index in [9.17, 15) is 0 Å². The monoisotopic (exact) mass is 393 g/mol. The van der Waals surface area contributed by atoms with E-state index >= 15 is 0 Å². The molecule has 0 atom stereocenters. The summed E-state index contributed by atoms with van der Waals surface area (Å²) < 4.78 is 0. The van der Waals surface area contributed by atoms with E-state index in [-0.39, 0.29) is 24.0 Å². The topological polar surface area (TPSA) is 27.6 Å². The zero-order valence-electron chi connectivity index (χ0n) is 13.5. The van der Waals surface area contributed by atoms with Crippen LogP contribution in [0.4, 0.5) is 0 Å². The largest absolute Gasteiger partial charge is 0.356 e. The number of unbranched alkanes of at least 4 members (excludes halogenated alkanes) is 1. The van der Waals surface area contributed by atoms with E-state index in [0.29, 0.717) is 5.41 Å². The Morgan fingerprint density at radius 3 is 2.50 bits per heavy atom. The van der Waals surface area contributed by atoms with E-state index in [4.69, 9.17) is 0 Å². The summed E-state index contributed by atoms with van der Waals surface area (Å²) in [7, 11) is 1.92. The predicted molar refractivity (Wildman–Crippen MR) is 97.9 cm³/mol. The van der Waals surface area contributed by atoms with Crippen molar-refractivity contribution in [2.75, 3.05) is 26.7 Å². The van der Waals surface area contributed by atoms with Gasteiger partial charge in [0.1, 0.15) is 0 Å². The van der Waals surface area contributed by atoms with Gasteiger partial charge in [-0.15, -0.1) is 24.0 Å². The van der Waals surface area contributed by atoms with Crippen LogP contribution in [0.5, 0.6) is 0 Å². The maximum atomic E-state index is 4.46. The van der Waals surface area contributed by atoms with Crippen LogP contribution in [0.1, 0.15) is 58.8 Å². The zero-order valence-corrected chi connectivity index (χ0v) is 15.8. The lowest BCUT2D eigenvalue weighted by Gasteiger charge is -2.38. The standard InChI is InChI=1S/C16H31N3.HI/c1-14(2)7-4-5-11-18-15(17-3)19-12-10-16(13-19)8-6-9-16;/h14H,4-13H2,1-3H3,(H,17,18);1H. The summed E-state index contributed by atoms with van der Waals surface area (Å²) in [6, 6.07) is 0. The summed E-state index contributed by atoms with van der Waals surface area (Å²) in [5.74, 6) is 1.96. The van der Waals surface area contributed by atoms with Crippen molar-refractivity contribution in [2.45, 2.75) is 58.8 Å². The molecule has 1 N–H and O–H groups in total. The first-order valence-electron chi connectivity index (χ1n) is 8.11. The Balaban J connectivity index is 0.00000200. The molecule has 118 valence electrons. The number of likely N-dealkylation sites (tertiary alicyclic amines) is 1. The molecule has 0 radical (unpaired) electrons. The van der Waals surface area contributed by atoms with Crippen molar-refractivity contribution in [3.63, 3.8) is 0 Å². The Morgan fingerprint density at radius 2 is 2.00 bits per heavy atom. The van der Waals surface area contributed by atoms with Crippen LogP contribution in [-0.2, 0) is 0 Å². The fourth-order valence-corrected chi connectivity index (χ4v) is 3.41. The third kappa shape index (κ3) is 4.78. The Hall–Kier alpha value is 0. The third-order valence-corrected chi connectivity index (χ3v) is 4.86. The molecule has 0 bridgehead atoms. The number of nitrogens with one attached hydrogen (secondary N) is 1. The molecule has 2 aliphatic rings. The molecule has 0 aromatic heterocycles. The first kappa shape index (κ1) is 18.1. The molecule has 1 heterocycles. The highest BCUT2D eigenvalue weighted by atomic mass is 127. The average molecular weight is 393 g/mol. The molecular formula is C16H32IN3. The highest BCUT2D eigenvalue weighted by molar-refractivity contribution is 14.0. The van der Waals surface area contributed by atoms with Gasteiger partial charge in [-0.3, -0.25) is 4.99 Å². The molecule has 2 rings (SSSR count). The minimum Gasteiger partial charge on any atom is -0.356 e. The van der Waals surface area contributed by atoms with Crippen LogP contribution < -0.4 is 5.32 Å². The average Bonchev–Trinajstić information content (AvgIpc) is 2.78. The fourth-order valence-electron chi connectivity index (χ4n) is 3.41. The van der Waals surface area contributed by atoms with E-state index < -0.39 is 0 Å². The van der Waals surface area contributed by atoms with Gasteiger partial charge >= 0.3 is 0 Å². The van der Waals surface area contributed by atoms with Crippen molar-refractivity contribution < 1.29 is 0 Å². The summed E-state index contributed by atoms with van der Waals surface area (Å²) in [6.07, 6.45) is 9.62. The van der Waals surface area contributed by atoms with Gasteiger partial charge in [0.15, 0.2) is 5.96 Å². The van der Waals surface area contributed by atoms with Crippen LogP contribution in [0.15, 0.2) is 4.99 Å². The van der Waals surface area contributed by atoms with E-state index in [1.165, 1.54) is 58.0 Å². The molecule has 1 saturated carbocycles. The predicted octanol–water partition coefficient (Wildman–Crippen LogP) is 3.88. The molecule has 2 fully saturated rings. The van der Waals surface area contributed by atoms with Crippen LogP contribution in [0, 0.1) is 11.3 Å². The van der Waals surface area contributed by atoms with Crippen molar-refractivity contribution in [3.05, 3.63) is 0 Å². The smallest absolute Gasteiger partial charge is 0.193 e. The SMILES string of the molecule is CN=C(NCCCCC(C)C)N1CCC2(CCC2)C1.I. The highest BCUT2D eigenvalue weighted by Crippen LogP contribution is 2.47. The number of hydrogen-bond donors (Lipinski definition) is 1. The van der Waals surface area contributed by atoms with E-state index in [1.54, 1.807) is 0 Å². The van der Waals surface area contributed by atoms with E-state index in [2.05, 4.69) is 29.1 Å². The van der Waals surface area contributed by atoms with Gasteiger partial charge < -0.3 is 10.2 Å². The Bertz CT molecular complexity index is 311. The van der Waals surface area contributed by atoms with Crippen LogP contribution in [0.25, 0.3) is 0 Å². The van der Waals surface area contributed by atoms with Crippen LogP contribution in [-0.4, -0.2) is 37.5 Å². The highest BCUT2D eigenvalue weighted by Gasteiger charge is 2.43. The second-order valence-electron chi connectivity index (χ2n) is 6.89. The number of halogens is 1. The number of guanidine groups is 1. The maximum Gasteiger partial charge on any atom is 0.193 e. The van der Waals surface area contributed by atoms with Crippen LogP contribution in [0.3, 0.4) is 0 Å². The van der Waals surface area contributed by atoms with Gasteiger partial charge in [0, 0.05) is 26.7 Å². The van der Waals surface area contributed by atoms with Crippen molar-refractivity contribution in [3.8, 4) is 0 Å². The van der Waals surface area contributed by atoms with Crippen LogP contribution in [0.2, 0.25) is 0 Å². The maximum absolute atomic E-state index is 4.46. The van der Waals surface area contributed by atoms with Gasteiger partial charge in [0.25, 0.3) is 0 Å². The quantitative estimate of drug-likeness (QED) is 0.332. The second-order valence-corrected chi connectivity index (χ2v) is 6.89. The van der Waals surface area contributed by atoms with Gasteiger partial charge in [0.05, 0.1) is 0 Å². The third-order valence-electron chi connectivity index (χ3n) is 4.86.